The fourth-order valence-corrected chi connectivity index (χ4v) is 5.15. The van der Waals surface area contributed by atoms with Gasteiger partial charge in [-0.25, -0.2) is 0 Å². The third-order valence-electron chi connectivity index (χ3n) is 6.46. The van der Waals surface area contributed by atoms with E-state index in [4.69, 9.17) is 9.47 Å². The number of carbonyl (C=O) groups excluding carboxylic acids is 2. The van der Waals surface area contributed by atoms with Gasteiger partial charge in [-0.3, -0.25) is 14.5 Å². The van der Waals surface area contributed by atoms with E-state index >= 15 is 0 Å². The normalized spacial score (nSPS) is 16.5. The van der Waals surface area contributed by atoms with Crippen molar-refractivity contribution in [1.29, 1.82) is 0 Å². The molecule has 1 aliphatic rings. The summed E-state index contributed by atoms with van der Waals surface area (Å²) < 4.78 is 11.5. The van der Waals surface area contributed by atoms with Gasteiger partial charge in [-0.1, -0.05) is 47.7 Å². The van der Waals surface area contributed by atoms with Crippen molar-refractivity contribution >= 4 is 33.9 Å². The zero-order chi connectivity index (χ0) is 27.5. The monoisotopic (exact) mass is 541 g/mol. The highest BCUT2D eigenvalue weighted by molar-refractivity contribution is 7.15. The van der Waals surface area contributed by atoms with Gasteiger partial charge < -0.3 is 14.6 Å². The Labute approximate surface area is 230 Å². The molecular weight excluding hydrogens is 514 g/mol. The minimum absolute atomic E-state index is 0.0226. The number of hydrogen-bond donors (Lipinski definition) is 1. The van der Waals surface area contributed by atoms with E-state index in [1.165, 1.54) is 16.2 Å². The second kappa shape index (κ2) is 11.1. The molecule has 5 rings (SSSR count). The quantitative estimate of drug-likeness (QED) is 0.172. The molecule has 1 unspecified atom stereocenters. The summed E-state index contributed by atoms with van der Waals surface area (Å²) in [7, 11) is 0. The van der Waals surface area contributed by atoms with E-state index in [1.54, 1.807) is 55.5 Å². The molecule has 0 bridgehead atoms. The summed E-state index contributed by atoms with van der Waals surface area (Å²) >= 11 is 1.20. The lowest BCUT2D eigenvalue weighted by Crippen LogP contribution is -2.29. The van der Waals surface area contributed by atoms with Gasteiger partial charge >= 0.3 is 5.91 Å². The number of amides is 1. The molecular formula is C30H27N3O5S. The van der Waals surface area contributed by atoms with Gasteiger partial charge in [0.1, 0.15) is 28.9 Å². The number of rotatable bonds is 8. The van der Waals surface area contributed by atoms with Crippen molar-refractivity contribution in [3.05, 3.63) is 106 Å². The molecule has 2 heterocycles. The number of aliphatic hydroxyl groups excluding tert-OH is 1. The molecule has 0 spiro atoms. The van der Waals surface area contributed by atoms with E-state index in [0.29, 0.717) is 40.8 Å². The zero-order valence-corrected chi connectivity index (χ0v) is 22.6. The van der Waals surface area contributed by atoms with Gasteiger partial charge in [-0.2, -0.15) is 0 Å². The van der Waals surface area contributed by atoms with E-state index in [0.717, 1.165) is 11.1 Å². The number of hydrogen-bond acceptors (Lipinski definition) is 8. The van der Waals surface area contributed by atoms with Crippen LogP contribution in [0.5, 0.6) is 11.5 Å². The third-order valence-corrected chi connectivity index (χ3v) is 7.29. The molecule has 198 valence electrons. The van der Waals surface area contributed by atoms with Crippen LogP contribution in [0.3, 0.4) is 0 Å². The summed E-state index contributed by atoms with van der Waals surface area (Å²) in [4.78, 5) is 27.9. The second-order valence-corrected chi connectivity index (χ2v) is 10.2. The summed E-state index contributed by atoms with van der Waals surface area (Å²) in [5.74, 6) is -0.570. The fourth-order valence-electron chi connectivity index (χ4n) is 4.44. The summed E-state index contributed by atoms with van der Waals surface area (Å²) in [5, 5.41) is 20.4. The number of aryl methyl sites for hydroxylation is 2. The van der Waals surface area contributed by atoms with E-state index in [9.17, 15) is 14.7 Å². The van der Waals surface area contributed by atoms with Gasteiger partial charge in [0, 0.05) is 5.56 Å². The molecule has 3 aromatic carbocycles. The number of Topliss-reactive ketones (excluding diaryl/α,β-unsaturated/α-hetero) is 1. The lowest BCUT2D eigenvalue weighted by Gasteiger charge is -2.22. The summed E-state index contributed by atoms with van der Waals surface area (Å²) in [5.41, 5.74) is 3.21. The minimum Gasteiger partial charge on any atom is -0.507 e. The van der Waals surface area contributed by atoms with E-state index < -0.39 is 17.7 Å². The van der Waals surface area contributed by atoms with Crippen LogP contribution in [0.1, 0.15) is 40.2 Å². The van der Waals surface area contributed by atoms with Crippen LogP contribution in [0, 0.1) is 13.8 Å². The highest BCUT2D eigenvalue weighted by Gasteiger charge is 2.48. The van der Waals surface area contributed by atoms with Gasteiger partial charge in [0.05, 0.1) is 18.2 Å². The molecule has 8 nitrogen and oxygen atoms in total. The number of aliphatic hydroxyl groups is 1. The number of aromatic nitrogens is 2. The summed E-state index contributed by atoms with van der Waals surface area (Å²) in [6.45, 7) is 6.60. The molecule has 0 radical (unpaired) electrons. The number of anilines is 1. The molecule has 0 saturated carbocycles. The van der Waals surface area contributed by atoms with Crippen molar-refractivity contribution in [2.24, 2.45) is 0 Å². The molecule has 39 heavy (non-hydrogen) atoms. The average molecular weight is 542 g/mol. The van der Waals surface area contributed by atoms with Gasteiger partial charge in [0.2, 0.25) is 5.13 Å². The van der Waals surface area contributed by atoms with E-state index in [2.05, 4.69) is 10.2 Å². The van der Waals surface area contributed by atoms with E-state index in [-0.39, 0.29) is 16.5 Å². The van der Waals surface area contributed by atoms with Crippen LogP contribution in [-0.2, 0) is 16.2 Å². The highest BCUT2D eigenvalue weighted by Crippen LogP contribution is 2.43. The maximum atomic E-state index is 13.3. The molecule has 1 aromatic heterocycles. The van der Waals surface area contributed by atoms with Gasteiger partial charge in [0.15, 0.2) is 0 Å². The van der Waals surface area contributed by atoms with Gasteiger partial charge in [0.25, 0.3) is 5.78 Å². The molecule has 1 fully saturated rings. The maximum Gasteiger partial charge on any atom is 0.301 e. The molecule has 1 N–H and O–H groups in total. The number of benzene rings is 3. The Morgan fingerprint density at radius 1 is 0.923 bits per heavy atom. The minimum atomic E-state index is -0.884. The number of ketones is 1. The molecule has 1 atom stereocenters. The zero-order valence-electron chi connectivity index (χ0n) is 21.7. The summed E-state index contributed by atoms with van der Waals surface area (Å²) in [6.07, 6.45) is 0. The van der Waals surface area contributed by atoms with Crippen LogP contribution in [0.15, 0.2) is 78.4 Å². The first-order valence-electron chi connectivity index (χ1n) is 12.5. The van der Waals surface area contributed by atoms with Crippen molar-refractivity contribution in [2.75, 3.05) is 11.5 Å². The Kier molecular flexibility index (Phi) is 7.42. The Morgan fingerprint density at radius 2 is 1.59 bits per heavy atom. The van der Waals surface area contributed by atoms with Crippen LogP contribution in [0.25, 0.3) is 5.76 Å². The highest BCUT2D eigenvalue weighted by atomic mass is 32.1. The van der Waals surface area contributed by atoms with E-state index in [1.807, 2.05) is 38.1 Å². The SMILES string of the molecule is CCOc1ccc(C2C(=C(O)c3ccc(OCc4ccccc4C)cc3)C(=O)C(=O)N2c2nnc(C)s2)cc1. The first kappa shape index (κ1) is 26.1. The topological polar surface area (TPSA) is 102 Å². The smallest absolute Gasteiger partial charge is 0.301 e. The van der Waals surface area contributed by atoms with Crippen LogP contribution >= 0.6 is 11.3 Å². The van der Waals surface area contributed by atoms with Gasteiger partial charge in [-0.15, -0.1) is 10.2 Å². The van der Waals surface area contributed by atoms with Crippen molar-refractivity contribution in [3.63, 3.8) is 0 Å². The number of ether oxygens (including phenoxy) is 2. The second-order valence-electron chi connectivity index (χ2n) is 9.01. The van der Waals surface area contributed by atoms with Crippen LogP contribution in [0.2, 0.25) is 0 Å². The molecule has 1 amide bonds. The Morgan fingerprint density at radius 3 is 2.23 bits per heavy atom. The number of carbonyl (C=O) groups is 2. The average Bonchev–Trinajstić information content (AvgIpc) is 3.48. The molecule has 9 heteroatoms. The van der Waals surface area contributed by atoms with Crippen LogP contribution < -0.4 is 14.4 Å². The Hall–Kier alpha value is -4.50. The van der Waals surface area contributed by atoms with Crippen molar-refractivity contribution in [1.82, 2.24) is 10.2 Å². The third kappa shape index (κ3) is 5.26. The molecule has 1 aliphatic heterocycles. The summed E-state index contributed by atoms with van der Waals surface area (Å²) in [6, 6.07) is 21.0. The Bertz CT molecular complexity index is 1540. The Balaban J connectivity index is 1.50. The van der Waals surface area contributed by atoms with Crippen LogP contribution in [-0.4, -0.2) is 33.6 Å². The standard InChI is InChI=1S/C30H27N3O5S/c1-4-37-23-13-9-20(10-14-23)26-25(28(35)29(36)33(26)30-32-31-19(3)39-30)27(34)21-11-15-24(16-12-21)38-17-22-8-6-5-7-18(22)2/h5-16,26,34H,4,17H2,1-3H3. The maximum absolute atomic E-state index is 13.3. The number of nitrogens with zero attached hydrogens (tertiary/aromatic N) is 3. The van der Waals surface area contributed by atoms with Gasteiger partial charge in [-0.05, 0) is 73.9 Å². The van der Waals surface area contributed by atoms with Crippen LogP contribution in [0.4, 0.5) is 5.13 Å². The predicted molar refractivity (Wildman–Crippen MR) is 149 cm³/mol. The molecule has 1 saturated heterocycles. The van der Waals surface area contributed by atoms with Crippen molar-refractivity contribution < 1.29 is 24.2 Å². The lowest BCUT2D eigenvalue weighted by molar-refractivity contribution is -0.132. The van der Waals surface area contributed by atoms with Crippen molar-refractivity contribution in [3.8, 4) is 11.5 Å². The van der Waals surface area contributed by atoms with Crippen molar-refractivity contribution in [2.45, 2.75) is 33.4 Å². The lowest BCUT2D eigenvalue weighted by atomic mass is 9.95. The first-order chi connectivity index (χ1) is 18.9. The largest absolute Gasteiger partial charge is 0.507 e. The predicted octanol–water partition coefficient (Wildman–Crippen LogP) is 5.76. The fraction of sp³-hybridized carbons (Fsp3) is 0.200. The first-order valence-corrected chi connectivity index (χ1v) is 13.3. The molecule has 4 aromatic rings. The molecule has 0 aliphatic carbocycles.